The summed E-state index contributed by atoms with van der Waals surface area (Å²) in [5.74, 6) is 2.35. The summed E-state index contributed by atoms with van der Waals surface area (Å²) < 4.78 is 30.9. The van der Waals surface area contributed by atoms with Crippen molar-refractivity contribution >= 4 is 0 Å². The number of aromatic nitrogens is 1. The molecule has 0 N–H and O–H groups in total. The molecule has 1 saturated heterocycles. The van der Waals surface area contributed by atoms with Crippen molar-refractivity contribution in [2.45, 2.75) is 39.3 Å². The van der Waals surface area contributed by atoms with Gasteiger partial charge < -0.3 is 13.9 Å². The van der Waals surface area contributed by atoms with Crippen LogP contribution in [0.5, 0.6) is 11.5 Å². The minimum Gasteiger partial charge on any atom is -0.496 e. The highest BCUT2D eigenvalue weighted by molar-refractivity contribution is 5.57. The van der Waals surface area contributed by atoms with E-state index in [1.165, 1.54) is 6.07 Å². The van der Waals surface area contributed by atoms with E-state index in [0.717, 1.165) is 60.8 Å². The summed E-state index contributed by atoms with van der Waals surface area (Å²) in [7, 11) is 1.67. The molecule has 6 heteroatoms. The highest BCUT2D eigenvalue weighted by Gasteiger charge is 2.23. The van der Waals surface area contributed by atoms with Crippen LogP contribution in [0.4, 0.5) is 4.39 Å². The van der Waals surface area contributed by atoms with E-state index in [1.54, 1.807) is 25.3 Å². The standard InChI is InChI=1S/C24H27FN2O3/c1-16-14-18(8-9-22(16)28-3)24-26-21(17(2)29-24)15-27-12-10-19(11-13-27)30-23-7-5-4-6-20(23)25/h4-9,14,19H,10-13,15H2,1-3H3. The number of benzene rings is 2. The number of nitrogens with zero attached hydrogens (tertiary/aromatic N) is 2. The van der Waals surface area contributed by atoms with Gasteiger partial charge in [0.2, 0.25) is 5.89 Å². The molecule has 1 fully saturated rings. The molecular formula is C24H27FN2O3. The molecule has 0 unspecified atom stereocenters. The van der Waals surface area contributed by atoms with E-state index >= 15 is 0 Å². The smallest absolute Gasteiger partial charge is 0.226 e. The summed E-state index contributed by atoms with van der Waals surface area (Å²) in [5.41, 5.74) is 2.94. The Bertz CT molecular complexity index is 1010. The Hall–Kier alpha value is -2.86. The summed E-state index contributed by atoms with van der Waals surface area (Å²) >= 11 is 0. The van der Waals surface area contributed by atoms with Gasteiger partial charge in [-0.2, -0.15) is 0 Å². The highest BCUT2D eigenvalue weighted by Crippen LogP contribution is 2.28. The molecule has 0 bridgehead atoms. The van der Waals surface area contributed by atoms with E-state index in [0.29, 0.717) is 11.6 Å². The number of para-hydroxylation sites is 1. The lowest BCUT2D eigenvalue weighted by molar-refractivity contribution is 0.0927. The number of aryl methyl sites for hydroxylation is 2. The van der Waals surface area contributed by atoms with Crippen molar-refractivity contribution in [2.75, 3.05) is 20.2 Å². The van der Waals surface area contributed by atoms with Crippen molar-refractivity contribution in [1.82, 2.24) is 9.88 Å². The molecule has 2 heterocycles. The Labute approximate surface area is 176 Å². The molecule has 0 saturated carbocycles. The third-order valence-corrected chi connectivity index (χ3v) is 5.57. The fourth-order valence-corrected chi connectivity index (χ4v) is 3.83. The van der Waals surface area contributed by atoms with Crippen LogP contribution in [0.1, 0.15) is 29.9 Å². The molecule has 0 amide bonds. The number of hydrogen-bond donors (Lipinski definition) is 0. The Balaban J connectivity index is 1.37. The van der Waals surface area contributed by atoms with E-state index < -0.39 is 0 Å². The molecule has 5 nitrogen and oxygen atoms in total. The number of methoxy groups -OCH3 is 1. The molecular weight excluding hydrogens is 383 g/mol. The predicted molar refractivity (Wildman–Crippen MR) is 113 cm³/mol. The van der Waals surface area contributed by atoms with Crippen LogP contribution in [-0.2, 0) is 6.54 Å². The SMILES string of the molecule is COc1ccc(-c2nc(CN3CCC(Oc4ccccc4F)CC3)c(C)o2)cc1C. The van der Waals surface area contributed by atoms with E-state index in [-0.39, 0.29) is 11.9 Å². The van der Waals surface area contributed by atoms with Crippen molar-refractivity contribution < 1.29 is 18.3 Å². The van der Waals surface area contributed by atoms with Gasteiger partial charge in [-0.3, -0.25) is 4.90 Å². The zero-order valence-corrected chi connectivity index (χ0v) is 17.7. The molecule has 1 aliphatic heterocycles. The molecule has 1 aliphatic rings. The Kier molecular flexibility index (Phi) is 6.04. The first-order valence-corrected chi connectivity index (χ1v) is 10.3. The molecule has 2 aromatic carbocycles. The van der Waals surface area contributed by atoms with Crippen LogP contribution < -0.4 is 9.47 Å². The largest absolute Gasteiger partial charge is 0.496 e. The van der Waals surface area contributed by atoms with Crippen LogP contribution in [-0.4, -0.2) is 36.2 Å². The van der Waals surface area contributed by atoms with E-state index in [9.17, 15) is 4.39 Å². The fourth-order valence-electron chi connectivity index (χ4n) is 3.83. The molecule has 0 atom stereocenters. The molecule has 0 spiro atoms. The van der Waals surface area contributed by atoms with Gasteiger partial charge in [0.25, 0.3) is 0 Å². The van der Waals surface area contributed by atoms with Crippen molar-refractivity contribution in [1.29, 1.82) is 0 Å². The molecule has 158 valence electrons. The van der Waals surface area contributed by atoms with Gasteiger partial charge >= 0.3 is 0 Å². The van der Waals surface area contributed by atoms with Gasteiger partial charge in [0.1, 0.15) is 17.6 Å². The summed E-state index contributed by atoms with van der Waals surface area (Å²) in [6.45, 7) is 6.45. The Morgan fingerprint density at radius 2 is 1.87 bits per heavy atom. The summed E-state index contributed by atoms with van der Waals surface area (Å²) in [6, 6.07) is 12.5. The second-order valence-electron chi connectivity index (χ2n) is 7.73. The van der Waals surface area contributed by atoms with Gasteiger partial charge in [0.05, 0.1) is 12.8 Å². The lowest BCUT2D eigenvalue weighted by Crippen LogP contribution is -2.38. The van der Waals surface area contributed by atoms with Gasteiger partial charge in [0.15, 0.2) is 11.6 Å². The monoisotopic (exact) mass is 410 g/mol. The van der Waals surface area contributed by atoms with Gasteiger partial charge in [-0.25, -0.2) is 9.37 Å². The Morgan fingerprint density at radius 1 is 1.10 bits per heavy atom. The summed E-state index contributed by atoms with van der Waals surface area (Å²) in [4.78, 5) is 7.08. The quantitative estimate of drug-likeness (QED) is 0.562. The van der Waals surface area contributed by atoms with Crippen LogP contribution in [0.3, 0.4) is 0 Å². The average molecular weight is 410 g/mol. The normalized spacial score (nSPS) is 15.3. The van der Waals surface area contributed by atoms with E-state index in [4.69, 9.17) is 18.9 Å². The van der Waals surface area contributed by atoms with Gasteiger partial charge in [-0.15, -0.1) is 0 Å². The first kappa shape index (κ1) is 20.4. The molecule has 1 aromatic heterocycles. The maximum Gasteiger partial charge on any atom is 0.226 e. The van der Waals surface area contributed by atoms with Crippen LogP contribution in [0.2, 0.25) is 0 Å². The van der Waals surface area contributed by atoms with Crippen molar-refractivity contribution in [3.63, 3.8) is 0 Å². The average Bonchev–Trinajstić information content (AvgIpc) is 3.11. The minimum atomic E-state index is -0.306. The van der Waals surface area contributed by atoms with E-state index in [1.807, 2.05) is 32.0 Å². The van der Waals surface area contributed by atoms with Gasteiger partial charge in [-0.1, -0.05) is 12.1 Å². The molecule has 3 aromatic rings. The maximum atomic E-state index is 13.8. The highest BCUT2D eigenvalue weighted by atomic mass is 19.1. The topological polar surface area (TPSA) is 47.7 Å². The maximum absolute atomic E-state index is 13.8. The number of hydrogen-bond acceptors (Lipinski definition) is 5. The van der Waals surface area contributed by atoms with E-state index in [2.05, 4.69) is 4.90 Å². The second kappa shape index (κ2) is 8.88. The summed E-state index contributed by atoms with van der Waals surface area (Å²) in [6.07, 6.45) is 1.75. The number of piperidine rings is 1. The molecule has 0 aliphatic carbocycles. The second-order valence-corrected chi connectivity index (χ2v) is 7.73. The number of rotatable bonds is 6. The fraction of sp³-hybridized carbons (Fsp3) is 0.375. The third kappa shape index (κ3) is 4.49. The van der Waals surface area contributed by atoms with Crippen LogP contribution in [0.25, 0.3) is 11.5 Å². The molecule has 4 rings (SSSR count). The lowest BCUT2D eigenvalue weighted by atomic mass is 10.1. The minimum absolute atomic E-state index is 0.0365. The molecule has 30 heavy (non-hydrogen) atoms. The van der Waals surface area contributed by atoms with Crippen molar-refractivity contribution in [3.8, 4) is 23.0 Å². The number of ether oxygens (including phenoxy) is 2. The lowest BCUT2D eigenvalue weighted by Gasteiger charge is -2.31. The predicted octanol–water partition coefficient (Wildman–Crippen LogP) is 5.15. The summed E-state index contributed by atoms with van der Waals surface area (Å²) in [5, 5.41) is 0. The van der Waals surface area contributed by atoms with Crippen LogP contribution in [0, 0.1) is 19.7 Å². The zero-order valence-electron chi connectivity index (χ0n) is 17.7. The number of likely N-dealkylation sites (tertiary alicyclic amines) is 1. The first-order chi connectivity index (χ1) is 14.5. The first-order valence-electron chi connectivity index (χ1n) is 10.3. The van der Waals surface area contributed by atoms with Crippen LogP contribution in [0.15, 0.2) is 46.9 Å². The Morgan fingerprint density at radius 3 is 2.57 bits per heavy atom. The number of halogens is 1. The molecule has 0 radical (unpaired) electrons. The van der Waals surface area contributed by atoms with Crippen LogP contribution >= 0.6 is 0 Å². The van der Waals surface area contributed by atoms with Crippen molar-refractivity contribution in [2.24, 2.45) is 0 Å². The zero-order chi connectivity index (χ0) is 21.1. The van der Waals surface area contributed by atoms with Crippen molar-refractivity contribution in [3.05, 3.63) is 65.3 Å². The number of oxazole rings is 1. The third-order valence-electron chi connectivity index (χ3n) is 5.57. The van der Waals surface area contributed by atoms with Gasteiger partial charge in [0, 0.05) is 25.2 Å². The van der Waals surface area contributed by atoms with Gasteiger partial charge in [-0.05, 0) is 62.6 Å².